The average Bonchev–Trinajstić information content (AvgIpc) is 2.70. The third-order valence-electron chi connectivity index (χ3n) is 1.91. The number of rotatable bonds is 2. The van der Waals surface area contributed by atoms with E-state index in [4.69, 9.17) is 12.2 Å². The van der Waals surface area contributed by atoms with E-state index in [0.717, 1.165) is 11.3 Å². The Labute approximate surface area is 91.2 Å². The fourth-order valence-electron chi connectivity index (χ4n) is 1.19. The molecule has 0 saturated heterocycles. The fraction of sp³-hybridized carbons (Fsp3) is 0.250. The van der Waals surface area contributed by atoms with E-state index in [-0.39, 0.29) is 0 Å². The lowest BCUT2D eigenvalue weighted by Gasteiger charge is -1.88. The van der Waals surface area contributed by atoms with Crippen LogP contribution in [0.4, 0.5) is 0 Å². The molecular formula is C8H10N6S. The summed E-state index contributed by atoms with van der Waals surface area (Å²) in [5.41, 5.74) is 1.89. The molecule has 0 saturated carbocycles. The first-order valence-electron chi connectivity index (χ1n) is 4.33. The molecule has 78 valence electrons. The molecule has 0 fully saturated rings. The number of H-pyrrole nitrogens is 1. The van der Waals surface area contributed by atoms with Gasteiger partial charge in [0.1, 0.15) is 6.33 Å². The highest BCUT2D eigenvalue weighted by Gasteiger charge is 1.99. The van der Waals surface area contributed by atoms with E-state index in [1.807, 2.05) is 20.2 Å². The van der Waals surface area contributed by atoms with Crippen LogP contribution in [0.1, 0.15) is 11.3 Å². The standard InChI is InChI=1S/C8H10N6S/c1-6-7(4-13(2)12-6)3-10-14-5-9-11-8(14)15/h3-5H,1-2H3,(H,11,15)/b10-3-. The Kier molecular flexibility index (Phi) is 2.46. The van der Waals surface area contributed by atoms with Crippen molar-refractivity contribution in [1.82, 2.24) is 24.7 Å². The minimum atomic E-state index is 0.466. The van der Waals surface area contributed by atoms with Gasteiger partial charge in [-0.05, 0) is 19.1 Å². The van der Waals surface area contributed by atoms with Crippen LogP contribution in [-0.2, 0) is 7.05 Å². The molecule has 0 unspecified atom stereocenters. The van der Waals surface area contributed by atoms with E-state index < -0.39 is 0 Å². The second kappa shape index (κ2) is 3.77. The summed E-state index contributed by atoms with van der Waals surface area (Å²) in [5.74, 6) is 0. The molecular weight excluding hydrogens is 212 g/mol. The zero-order valence-corrected chi connectivity index (χ0v) is 9.19. The first-order valence-corrected chi connectivity index (χ1v) is 4.74. The molecule has 2 rings (SSSR count). The van der Waals surface area contributed by atoms with Gasteiger partial charge < -0.3 is 0 Å². The number of aromatic nitrogens is 5. The molecule has 0 atom stereocenters. The summed E-state index contributed by atoms with van der Waals surface area (Å²) in [6.07, 6.45) is 5.11. The number of nitrogens with one attached hydrogen (secondary N) is 1. The van der Waals surface area contributed by atoms with Crippen molar-refractivity contribution in [2.24, 2.45) is 12.1 Å². The van der Waals surface area contributed by atoms with Crippen LogP contribution in [0.3, 0.4) is 0 Å². The van der Waals surface area contributed by atoms with E-state index in [9.17, 15) is 0 Å². The maximum absolute atomic E-state index is 4.95. The second-order valence-electron chi connectivity index (χ2n) is 3.09. The molecule has 0 aliphatic rings. The van der Waals surface area contributed by atoms with Gasteiger partial charge in [0.25, 0.3) is 0 Å². The van der Waals surface area contributed by atoms with E-state index in [2.05, 4.69) is 20.4 Å². The van der Waals surface area contributed by atoms with Crippen LogP contribution in [0.15, 0.2) is 17.6 Å². The van der Waals surface area contributed by atoms with Crippen LogP contribution >= 0.6 is 12.2 Å². The molecule has 15 heavy (non-hydrogen) atoms. The molecule has 0 spiro atoms. The molecule has 0 aliphatic carbocycles. The number of hydrogen-bond donors (Lipinski definition) is 1. The number of aromatic amines is 1. The van der Waals surface area contributed by atoms with Crippen molar-refractivity contribution in [2.45, 2.75) is 6.92 Å². The van der Waals surface area contributed by atoms with E-state index in [1.165, 1.54) is 11.0 Å². The average molecular weight is 222 g/mol. The third-order valence-corrected chi connectivity index (χ3v) is 2.19. The largest absolute Gasteiger partial charge is 0.275 e. The molecule has 1 N–H and O–H groups in total. The topological polar surface area (TPSA) is 63.8 Å². The first kappa shape index (κ1) is 9.78. The monoisotopic (exact) mass is 222 g/mol. The maximum atomic E-state index is 4.95. The highest BCUT2D eigenvalue weighted by atomic mass is 32.1. The lowest BCUT2D eigenvalue weighted by molar-refractivity contribution is 0.756. The maximum Gasteiger partial charge on any atom is 0.216 e. The van der Waals surface area contributed by atoms with Crippen LogP contribution in [0.25, 0.3) is 0 Å². The Morgan fingerprint density at radius 3 is 2.93 bits per heavy atom. The fourth-order valence-corrected chi connectivity index (χ4v) is 1.34. The zero-order valence-electron chi connectivity index (χ0n) is 8.38. The quantitative estimate of drug-likeness (QED) is 0.605. The van der Waals surface area contributed by atoms with Gasteiger partial charge >= 0.3 is 0 Å². The van der Waals surface area contributed by atoms with Crippen molar-refractivity contribution in [3.8, 4) is 0 Å². The highest BCUT2D eigenvalue weighted by molar-refractivity contribution is 7.71. The number of aryl methyl sites for hydroxylation is 2. The zero-order chi connectivity index (χ0) is 10.8. The minimum Gasteiger partial charge on any atom is -0.275 e. The predicted octanol–water partition coefficient (Wildman–Crippen LogP) is 0.865. The van der Waals surface area contributed by atoms with Gasteiger partial charge in [0.2, 0.25) is 4.77 Å². The van der Waals surface area contributed by atoms with Crippen LogP contribution in [0, 0.1) is 11.7 Å². The molecule has 0 aromatic carbocycles. The normalized spacial score (nSPS) is 11.3. The summed E-state index contributed by atoms with van der Waals surface area (Å²) < 4.78 is 3.69. The van der Waals surface area contributed by atoms with E-state index in [1.54, 1.807) is 10.9 Å². The van der Waals surface area contributed by atoms with Gasteiger partial charge in [0.15, 0.2) is 0 Å². The molecule has 0 aliphatic heterocycles. The van der Waals surface area contributed by atoms with Crippen LogP contribution in [-0.4, -0.2) is 30.9 Å². The van der Waals surface area contributed by atoms with Gasteiger partial charge in [-0.3, -0.25) is 9.78 Å². The predicted molar refractivity (Wildman–Crippen MR) is 58.3 cm³/mol. The van der Waals surface area contributed by atoms with Crippen molar-refractivity contribution < 1.29 is 0 Å². The molecule has 0 bridgehead atoms. The summed E-state index contributed by atoms with van der Waals surface area (Å²) in [6, 6.07) is 0. The lowest BCUT2D eigenvalue weighted by atomic mass is 10.3. The summed E-state index contributed by atoms with van der Waals surface area (Å²) in [7, 11) is 1.87. The van der Waals surface area contributed by atoms with Crippen molar-refractivity contribution >= 4 is 18.4 Å². The van der Waals surface area contributed by atoms with Crippen molar-refractivity contribution in [3.05, 3.63) is 28.6 Å². The molecule has 0 amide bonds. The van der Waals surface area contributed by atoms with Crippen molar-refractivity contribution in [3.63, 3.8) is 0 Å². The summed E-state index contributed by atoms with van der Waals surface area (Å²) in [6.45, 7) is 1.93. The van der Waals surface area contributed by atoms with Crippen LogP contribution in [0.2, 0.25) is 0 Å². The Bertz CT molecular complexity index is 545. The van der Waals surface area contributed by atoms with Gasteiger partial charge in [0.05, 0.1) is 11.9 Å². The van der Waals surface area contributed by atoms with E-state index >= 15 is 0 Å². The third kappa shape index (κ3) is 2.01. The Morgan fingerprint density at radius 1 is 1.60 bits per heavy atom. The Morgan fingerprint density at radius 2 is 2.40 bits per heavy atom. The molecule has 2 aromatic heterocycles. The SMILES string of the molecule is Cc1nn(C)cc1/C=N\n1cn[nH]c1=S. The summed E-state index contributed by atoms with van der Waals surface area (Å²) >= 11 is 4.95. The number of nitrogens with zero attached hydrogens (tertiary/aromatic N) is 5. The molecule has 0 radical (unpaired) electrons. The minimum absolute atomic E-state index is 0.466. The first-order chi connectivity index (χ1) is 7.16. The van der Waals surface area contributed by atoms with Crippen LogP contribution in [0.5, 0.6) is 0 Å². The van der Waals surface area contributed by atoms with Gasteiger partial charge in [-0.1, -0.05) is 0 Å². The summed E-state index contributed by atoms with van der Waals surface area (Å²) in [5, 5.41) is 14.7. The van der Waals surface area contributed by atoms with Crippen molar-refractivity contribution in [2.75, 3.05) is 0 Å². The second-order valence-corrected chi connectivity index (χ2v) is 3.48. The molecule has 2 heterocycles. The van der Waals surface area contributed by atoms with E-state index in [0.29, 0.717) is 4.77 Å². The number of hydrogen-bond acceptors (Lipinski definition) is 4. The lowest BCUT2D eigenvalue weighted by Crippen LogP contribution is -1.89. The molecule has 6 nitrogen and oxygen atoms in total. The molecule has 2 aromatic rings. The molecule has 7 heteroatoms. The Hall–Kier alpha value is -1.76. The highest BCUT2D eigenvalue weighted by Crippen LogP contribution is 2.01. The smallest absolute Gasteiger partial charge is 0.216 e. The Balaban J connectivity index is 2.29. The van der Waals surface area contributed by atoms with Gasteiger partial charge in [-0.25, -0.2) is 0 Å². The van der Waals surface area contributed by atoms with Crippen molar-refractivity contribution in [1.29, 1.82) is 0 Å². The van der Waals surface area contributed by atoms with Crippen LogP contribution < -0.4 is 0 Å². The van der Waals surface area contributed by atoms with Gasteiger partial charge in [0, 0.05) is 18.8 Å². The van der Waals surface area contributed by atoms with Gasteiger partial charge in [-0.15, -0.1) is 0 Å². The summed E-state index contributed by atoms with van der Waals surface area (Å²) in [4.78, 5) is 0. The van der Waals surface area contributed by atoms with Gasteiger partial charge in [-0.2, -0.15) is 20.0 Å².